The van der Waals surface area contributed by atoms with Crippen molar-refractivity contribution in [2.45, 2.75) is 39.7 Å². The molecule has 11 heteroatoms. The lowest BCUT2D eigenvalue weighted by molar-refractivity contribution is -0.278. The number of carboxylic acid groups (broad SMARTS) is 3. The van der Waals surface area contributed by atoms with Crippen LogP contribution in [0.2, 0.25) is 0 Å². The van der Waals surface area contributed by atoms with E-state index in [2.05, 4.69) is 5.32 Å². The van der Waals surface area contributed by atoms with Gasteiger partial charge in [0.25, 0.3) is 23.8 Å². The summed E-state index contributed by atoms with van der Waals surface area (Å²) in [4.78, 5) is 27.0. The molecule has 0 rings (SSSR count). The molecule has 0 aliphatic carbocycles. The zero-order valence-electron chi connectivity index (χ0n) is 15.9. The fourth-order valence-electron chi connectivity index (χ4n) is 1.10. The van der Waals surface area contributed by atoms with Gasteiger partial charge in [-0.05, 0) is 6.92 Å². The van der Waals surface area contributed by atoms with Gasteiger partial charge in [0.1, 0.15) is 6.10 Å². The number of nitrogens with two attached hydrogens (primary N) is 1. The molecule has 0 bridgehead atoms. The lowest BCUT2D eigenvalue weighted by Gasteiger charge is -2.35. The van der Waals surface area contributed by atoms with Gasteiger partial charge < -0.3 is 35.3 Å². The van der Waals surface area contributed by atoms with Crippen LogP contribution in [0.25, 0.3) is 0 Å². The van der Waals surface area contributed by atoms with Gasteiger partial charge in [0, 0.05) is 55.2 Å². The van der Waals surface area contributed by atoms with Crippen LogP contribution in [-0.4, -0.2) is 79.7 Å². The van der Waals surface area contributed by atoms with E-state index in [0.29, 0.717) is 13.1 Å². The number of aliphatic carboxylic acids is 3. The maximum atomic E-state index is 9.00. The number of methoxy groups -OCH3 is 3. The van der Waals surface area contributed by atoms with E-state index in [9.17, 15) is 0 Å². The van der Waals surface area contributed by atoms with E-state index in [1.54, 1.807) is 21.3 Å². The molecule has 0 fully saturated rings. The topological polar surface area (TPSA) is 178 Å². The number of carboxylic acids is 3. The highest BCUT2D eigenvalue weighted by atomic mass is 16.7. The molecule has 11 nitrogen and oxygen atoms in total. The van der Waals surface area contributed by atoms with Gasteiger partial charge in [0.05, 0.1) is 0 Å². The zero-order chi connectivity index (χ0) is 21.1. The molecule has 0 saturated carbocycles. The summed E-state index contributed by atoms with van der Waals surface area (Å²) in [6.45, 7) is 6.23. The number of rotatable bonds is 7. The Morgan fingerprint density at radius 3 is 1.40 bits per heavy atom. The van der Waals surface area contributed by atoms with Crippen LogP contribution in [0.5, 0.6) is 0 Å². The van der Waals surface area contributed by atoms with E-state index < -0.39 is 23.8 Å². The van der Waals surface area contributed by atoms with Crippen LogP contribution < -0.4 is 11.1 Å². The quantitative estimate of drug-likeness (QED) is 0.373. The Hall–Kier alpha value is -1.79. The molecular formula is C14H32N2O9. The molecule has 0 aromatic heterocycles. The van der Waals surface area contributed by atoms with Crippen LogP contribution in [0.1, 0.15) is 27.7 Å². The summed E-state index contributed by atoms with van der Waals surface area (Å²) in [7, 11) is 4.71. The average Bonchev–Trinajstić information content (AvgIpc) is 2.46. The third kappa shape index (κ3) is 30.6. The van der Waals surface area contributed by atoms with Gasteiger partial charge in [-0.3, -0.25) is 19.7 Å². The lowest BCUT2D eigenvalue weighted by Crippen LogP contribution is -2.58. The Labute approximate surface area is 148 Å². The molecule has 1 atom stereocenters. The monoisotopic (exact) mass is 372 g/mol. The molecule has 0 spiro atoms. The maximum Gasteiger partial charge on any atom is 0.300 e. The molecule has 0 aliphatic rings. The van der Waals surface area contributed by atoms with E-state index in [0.717, 1.165) is 20.8 Å². The lowest BCUT2D eigenvalue weighted by atomic mass is 10.3. The first-order valence-corrected chi connectivity index (χ1v) is 7.03. The van der Waals surface area contributed by atoms with Crippen molar-refractivity contribution in [3.05, 3.63) is 0 Å². The van der Waals surface area contributed by atoms with Crippen molar-refractivity contribution in [1.82, 2.24) is 5.32 Å². The number of nitrogens with one attached hydrogen (secondary N) is 1. The van der Waals surface area contributed by atoms with Crippen molar-refractivity contribution >= 4 is 17.9 Å². The Morgan fingerprint density at radius 2 is 1.24 bits per heavy atom. The summed E-state index contributed by atoms with van der Waals surface area (Å²) >= 11 is 0. The highest BCUT2D eigenvalue weighted by molar-refractivity contribution is 5.63. The fraction of sp³-hybridized carbons (Fsp3) is 0.786. The van der Waals surface area contributed by atoms with Gasteiger partial charge in [0.15, 0.2) is 0 Å². The minimum atomic E-state index is -0.909. The van der Waals surface area contributed by atoms with E-state index >= 15 is 0 Å². The molecule has 0 heterocycles. The Bertz CT molecular complexity index is 307. The highest BCUT2D eigenvalue weighted by Gasteiger charge is 2.36. The Kier molecular flexibility index (Phi) is 25.1. The first kappa shape index (κ1) is 31.0. The second-order valence-corrected chi connectivity index (χ2v) is 4.23. The maximum absolute atomic E-state index is 9.00. The van der Waals surface area contributed by atoms with Gasteiger partial charge in [0.2, 0.25) is 0 Å². The van der Waals surface area contributed by atoms with E-state index in [-0.39, 0.29) is 6.10 Å². The van der Waals surface area contributed by atoms with Crippen LogP contribution in [0, 0.1) is 0 Å². The highest BCUT2D eigenvalue weighted by Crippen LogP contribution is 2.14. The van der Waals surface area contributed by atoms with Gasteiger partial charge in [-0.25, -0.2) is 0 Å². The van der Waals surface area contributed by atoms with Crippen LogP contribution in [0.3, 0.4) is 0 Å². The van der Waals surface area contributed by atoms with Crippen LogP contribution in [0.4, 0.5) is 0 Å². The summed E-state index contributed by atoms with van der Waals surface area (Å²) in [6, 6.07) is 0. The summed E-state index contributed by atoms with van der Waals surface area (Å²) < 4.78 is 15.6. The standard InChI is InChI=1S/C8H20N2O3.3C2H4O2/c1-7(11-2)8(12-3,13-4)10-6-5-9;3*1-2(3)4/h7,10H,5-6,9H2,1-4H3;3*1H3,(H,3,4). The molecular weight excluding hydrogens is 340 g/mol. The second-order valence-electron chi connectivity index (χ2n) is 4.23. The van der Waals surface area contributed by atoms with Gasteiger partial charge in [-0.1, -0.05) is 0 Å². The van der Waals surface area contributed by atoms with Crippen molar-refractivity contribution in [1.29, 1.82) is 0 Å². The van der Waals surface area contributed by atoms with Gasteiger partial charge >= 0.3 is 0 Å². The van der Waals surface area contributed by atoms with Gasteiger partial charge in [-0.2, -0.15) is 0 Å². The second kappa shape index (κ2) is 20.3. The van der Waals surface area contributed by atoms with Crippen LogP contribution >= 0.6 is 0 Å². The molecule has 0 radical (unpaired) electrons. The number of ether oxygens (including phenoxy) is 3. The number of hydrogen-bond acceptors (Lipinski definition) is 8. The predicted octanol–water partition coefficient (Wildman–Crippen LogP) is -0.211. The van der Waals surface area contributed by atoms with Crippen molar-refractivity contribution in [2.24, 2.45) is 5.73 Å². The van der Waals surface area contributed by atoms with Crippen molar-refractivity contribution < 1.29 is 43.9 Å². The normalized spacial score (nSPS) is 10.6. The molecule has 152 valence electrons. The Balaban J connectivity index is -0.000000150. The minimum Gasteiger partial charge on any atom is -0.481 e. The summed E-state index contributed by atoms with van der Waals surface area (Å²) in [6.07, 6.45) is -0.214. The third-order valence-electron chi connectivity index (χ3n) is 2.01. The number of carbonyl (C=O) groups is 3. The largest absolute Gasteiger partial charge is 0.481 e. The van der Waals surface area contributed by atoms with Crippen molar-refractivity contribution in [3.63, 3.8) is 0 Å². The SMILES string of the molecule is CC(=O)O.CC(=O)O.CC(=O)O.COC(C)C(NCCN)(OC)OC. The van der Waals surface area contributed by atoms with E-state index in [1.807, 2.05) is 6.92 Å². The van der Waals surface area contributed by atoms with E-state index in [4.69, 9.17) is 49.6 Å². The van der Waals surface area contributed by atoms with E-state index in [1.165, 1.54) is 0 Å². The molecule has 1 unspecified atom stereocenters. The van der Waals surface area contributed by atoms with Crippen molar-refractivity contribution in [3.8, 4) is 0 Å². The first-order valence-electron chi connectivity index (χ1n) is 7.03. The van der Waals surface area contributed by atoms with Crippen LogP contribution in [0.15, 0.2) is 0 Å². The molecule has 0 aromatic rings. The van der Waals surface area contributed by atoms with Crippen molar-refractivity contribution in [2.75, 3.05) is 34.4 Å². The summed E-state index contributed by atoms with van der Waals surface area (Å²) in [5.74, 6) is -3.41. The predicted molar refractivity (Wildman–Crippen MR) is 90.2 cm³/mol. The molecule has 0 aliphatic heterocycles. The fourth-order valence-corrected chi connectivity index (χ4v) is 1.10. The molecule has 0 aromatic carbocycles. The first-order chi connectivity index (χ1) is 11.4. The third-order valence-corrected chi connectivity index (χ3v) is 2.01. The van der Waals surface area contributed by atoms with Crippen LogP contribution in [-0.2, 0) is 28.6 Å². The minimum absolute atomic E-state index is 0.214. The smallest absolute Gasteiger partial charge is 0.300 e. The molecule has 0 saturated heterocycles. The number of hydrogen-bond donors (Lipinski definition) is 5. The summed E-state index contributed by atoms with van der Waals surface area (Å²) in [5, 5.41) is 25.3. The molecule has 0 amide bonds. The summed E-state index contributed by atoms with van der Waals surface area (Å²) in [5.41, 5.74) is 5.37. The Morgan fingerprint density at radius 1 is 0.960 bits per heavy atom. The molecule has 6 N–H and O–H groups in total. The van der Waals surface area contributed by atoms with Gasteiger partial charge in [-0.15, -0.1) is 0 Å². The zero-order valence-corrected chi connectivity index (χ0v) is 15.9. The molecule has 25 heavy (non-hydrogen) atoms. The average molecular weight is 372 g/mol.